The lowest BCUT2D eigenvalue weighted by Crippen LogP contribution is -2.22. The summed E-state index contributed by atoms with van der Waals surface area (Å²) in [6.45, 7) is 0. The molecule has 180 valence electrons. The Kier molecular flexibility index (Phi) is 8.64. The van der Waals surface area contributed by atoms with Crippen molar-refractivity contribution in [2.45, 2.75) is 0 Å². The topological polar surface area (TPSA) is 47.9 Å². The highest BCUT2D eigenvalue weighted by atomic mass is 31.1. The molecule has 0 heterocycles. The van der Waals surface area contributed by atoms with Crippen molar-refractivity contribution in [3.63, 3.8) is 0 Å². The van der Waals surface area contributed by atoms with Crippen LogP contribution < -0.4 is 35.4 Å². The van der Waals surface area contributed by atoms with Crippen LogP contribution >= 0.6 is 15.8 Å². The van der Waals surface area contributed by atoms with Crippen LogP contribution in [-0.4, -0.2) is 38.8 Å². The molecular formula is C29H30O4P2. The molecule has 1 atom stereocenters. The van der Waals surface area contributed by atoms with Crippen LogP contribution in [0.3, 0.4) is 0 Å². The van der Waals surface area contributed by atoms with Gasteiger partial charge in [-0.2, -0.15) is 0 Å². The fourth-order valence-electron chi connectivity index (χ4n) is 4.19. The first-order chi connectivity index (χ1) is 17.2. The number of aromatic hydroxyl groups is 1. The lowest BCUT2D eigenvalue weighted by atomic mass is 10.3. The number of hydrogen-bond acceptors (Lipinski definition) is 4. The molecule has 0 amide bonds. The Morgan fingerprint density at radius 1 is 0.486 bits per heavy atom. The Balaban J connectivity index is 1.79. The van der Waals surface area contributed by atoms with Gasteiger partial charge in [0.2, 0.25) is 0 Å². The molecule has 0 radical (unpaired) electrons. The molecule has 0 aliphatic carbocycles. The molecule has 4 rings (SSSR count). The maximum atomic E-state index is 10.8. The summed E-state index contributed by atoms with van der Waals surface area (Å²) in [7, 11) is 3.47. The molecule has 35 heavy (non-hydrogen) atoms. The first-order valence-electron chi connectivity index (χ1n) is 11.4. The van der Waals surface area contributed by atoms with Gasteiger partial charge >= 0.3 is 0 Å². The Hall–Kier alpha value is -3.06. The van der Waals surface area contributed by atoms with E-state index >= 15 is 0 Å². The van der Waals surface area contributed by atoms with Gasteiger partial charge in [-0.15, -0.1) is 0 Å². The van der Waals surface area contributed by atoms with Crippen molar-refractivity contribution >= 4 is 37.1 Å². The fourth-order valence-corrected chi connectivity index (χ4v) is 9.99. The van der Waals surface area contributed by atoms with Crippen LogP contribution in [0.1, 0.15) is 0 Å². The lowest BCUT2D eigenvalue weighted by Gasteiger charge is -2.27. The summed E-state index contributed by atoms with van der Waals surface area (Å²) in [4.78, 5) is 0. The van der Waals surface area contributed by atoms with E-state index in [-0.39, 0.29) is 0 Å². The number of benzene rings is 4. The number of para-hydroxylation sites is 4. The summed E-state index contributed by atoms with van der Waals surface area (Å²) in [6.07, 6.45) is 1.77. The van der Waals surface area contributed by atoms with E-state index in [1.807, 2.05) is 60.7 Å². The zero-order chi connectivity index (χ0) is 24.6. The van der Waals surface area contributed by atoms with Crippen LogP contribution in [0.2, 0.25) is 0 Å². The highest BCUT2D eigenvalue weighted by Gasteiger charge is 2.26. The number of rotatable bonds is 10. The molecule has 0 saturated heterocycles. The number of phenolic OH excluding ortho intramolecular Hbond substituents is 1. The van der Waals surface area contributed by atoms with Crippen LogP contribution in [0.15, 0.2) is 97.1 Å². The third kappa shape index (κ3) is 5.61. The van der Waals surface area contributed by atoms with Crippen molar-refractivity contribution in [2.24, 2.45) is 0 Å². The van der Waals surface area contributed by atoms with Crippen LogP contribution in [-0.2, 0) is 0 Å². The third-order valence-corrected chi connectivity index (χ3v) is 11.4. The van der Waals surface area contributed by atoms with Gasteiger partial charge in [0, 0.05) is 21.2 Å². The molecule has 1 unspecified atom stereocenters. The second-order valence-electron chi connectivity index (χ2n) is 7.81. The molecule has 4 nitrogen and oxygen atoms in total. The van der Waals surface area contributed by atoms with Gasteiger partial charge < -0.3 is 19.3 Å². The van der Waals surface area contributed by atoms with Gasteiger partial charge in [0.1, 0.15) is 23.0 Å². The second kappa shape index (κ2) is 12.1. The minimum Gasteiger partial charge on any atom is -0.507 e. The molecule has 0 fully saturated rings. The second-order valence-corrected chi connectivity index (χ2v) is 12.3. The maximum Gasteiger partial charge on any atom is 0.126 e. The van der Waals surface area contributed by atoms with E-state index in [4.69, 9.17) is 14.2 Å². The van der Waals surface area contributed by atoms with Gasteiger partial charge in [-0.1, -0.05) is 72.8 Å². The zero-order valence-electron chi connectivity index (χ0n) is 20.2. The van der Waals surface area contributed by atoms with Crippen molar-refractivity contribution in [3.8, 4) is 23.0 Å². The Morgan fingerprint density at radius 2 is 0.800 bits per heavy atom. The smallest absolute Gasteiger partial charge is 0.126 e. The predicted molar refractivity (Wildman–Crippen MR) is 149 cm³/mol. The molecule has 0 spiro atoms. The largest absolute Gasteiger partial charge is 0.507 e. The SMILES string of the molecule is COc1ccccc1P(CCP(c1ccccc1OC)c1ccccc1OC)c1ccccc1O. The monoisotopic (exact) mass is 504 g/mol. The molecule has 0 aliphatic rings. The van der Waals surface area contributed by atoms with Crippen molar-refractivity contribution in [1.82, 2.24) is 0 Å². The average molecular weight is 505 g/mol. The summed E-state index contributed by atoms with van der Waals surface area (Å²) >= 11 is 0. The van der Waals surface area contributed by atoms with E-state index in [0.29, 0.717) is 5.75 Å². The Morgan fingerprint density at radius 3 is 1.17 bits per heavy atom. The number of methoxy groups -OCH3 is 3. The quantitative estimate of drug-likeness (QED) is 0.310. The van der Waals surface area contributed by atoms with Gasteiger partial charge in [0.05, 0.1) is 21.3 Å². The molecule has 0 aromatic heterocycles. The first kappa shape index (κ1) is 25.0. The third-order valence-electron chi connectivity index (χ3n) is 5.85. The standard InChI is InChI=1S/C29H30O4P2/c1-31-23-13-5-9-17-27(23)34(26-16-8-4-12-22(26)30)20-21-35(28-18-10-6-14-24(28)32-2)29-19-11-7-15-25(29)33-3/h4-19,30H,20-21H2,1-3H3. The minimum atomic E-state index is -0.880. The molecule has 0 saturated carbocycles. The molecular weight excluding hydrogens is 474 g/mol. The predicted octanol–water partition coefficient (Wildman–Crippen LogP) is 4.98. The van der Waals surface area contributed by atoms with E-state index in [9.17, 15) is 5.11 Å². The minimum absolute atomic E-state index is 0.323. The summed E-state index contributed by atoms with van der Waals surface area (Å²) in [5, 5.41) is 15.3. The van der Waals surface area contributed by atoms with Gasteiger partial charge in [-0.25, -0.2) is 0 Å². The number of phenols is 1. The molecule has 0 bridgehead atoms. The lowest BCUT2D eigenvalue weighted by molar-refractivity contribution is 0.417. The van der Waals surface area contributed by atoms with Gasteiger partial charge in [-0.3, -0.25) is 0 Å². The molecule has 4 aromatic rings. The summed E-state index contributed by atoms with van der Waals surface area (Å²) in [5.74, 6) is 2.94. The van der Waals surface area contributed by atoms with Crippen LogP contribution in [0.5, 0.6) is 23.0 Å². The van der Waals surface area contributed by atoms with Gasteiger partial charge in [-0.05, 0) is 52.4 Å². The van der Waals surface area contributed by atoms with Gasteiger partial charge in [0.15, 0.2) is 0 Å². The number of ether oxygens (including phenoxy) is 3. The van der Waals surface area contributed by atoms with Crippen molar-refractivity contribution in [2.75, 3.05) is 33.7 Å². The highest BCUT2D eigenvalue weighted by Crippen LogP contribution is 2.46. The molecule has 4 aromatic carbocycles. The van der Waals surface area contributed by atoms with Crippen molar-refractivity contribution in [3.05, 3.63) is 97.1 Å². The van der Waals surface area contributed by atoms with Gasteiger partial charge in [0.25, 0.3) is 0 Å². The van der Waals surface area contributed by atoms with E-state index < -0.39 is 15.8 Å². The van der Waals surface area contributed by atoms with Crippen LogP contribution in [0.4, 0.5) is 0 Å². The van der Waals surface area contributed by atoms with E-state index in [1.165, 1.54) is 10.6 Å². The zero-order valence-corrected chi connectivity index (χ0v) is 22.0. The summed E-state index contributed by atoms with van der Waals surface area (Å²) in [6, 6.07) is 32.3. The fraction of sp³-hybridized carbons (Fsp3) is 0.172. The normalized spacial score (nSPS) is 11.8. The molecule has 0 aliphatic heterocycles. The van der Waals surface area contributed by atoms with Crippen LogP contribution in [0, 0.1) is 0 Å². The van der Waals surface area contributed by atoms with E-state index in [0.717, 1.165) is 40.2 Å². The average Bonchev–Trinajstić information content (AvgIpc) is 2.92. The van der Waals surface area contributed by atoms with Crippen molar-refractivity contribution in [1.29, 1.82) is 0 Å². The summed E-state index contributed by atoms with van der Waals surface area (Å²) in [5.41, 5.74) is 0. The first-order valence-corrected chi connectivity index (χ1v) is 14.5. The van der Waals surface area contributed by atoms with E-state index in [2.05, 4.69) is 30.3 Å². The molecule has 6 heteroatoms. The maximum absolute atomic E-state index is 10.8. The van der Waals surface area contributed by atoms with Crippen molar-refractivity contribution < 1.29 is 19.3 Å². The van der Waals surface area contributed by atoms with Crippen LogP contribution in [0.25, 0.3) is 0 Å². The highest BCUT2D eigenvalue weighted by molar-refractivity contribution is 7.77. The number of hydrogen-bond donors (Lipinski definition) is 1. The Bertz CT molecular complexity index is 1210. The van der Waals surface area contributed by atoms with E-state index in [1.54, 1.807) is 27.4 Å². The Labute approximate surface area is 210 Å². The molecule has 1 N–H and O–H groups in total. The summed E-state index contributed by atoms with van der Waals surface area (Å²) < 4.78 is 17.3.